The monoisotopic (exact) mass is 256 g/mol. The Balaban J connectivity index is 2.02. The summed E-state index contributed by atoms with van der Waals surface area (Å²) in [6.07, 6.45) is 3.68. The molecule has 1 N–H and O–H groups in total. The lowest BCUT2D eigenvalue weighted by Gasteiger charge is -2.14. The number of nitrogens with zero attached hydrogens (tertiary/aromatic N) is 1. The fraction of sp³-hybridized carbons (Fsp3) is 0.312. The lowest BCUT2D eigenvalue weighted by Crippen LogP contribution is -2.22. The van der Waals surface area contributed by atoms with E-state index < -0.39 is 0 Å². The highest BCUT2D eigenvalue weighted by Crippen LogP contribution is 2.20. The Morgan fingerprint density at radius 3 is 2.58 bits per heavy atom. The van der Waals surface area contributed by atoms with Gasteiger partial charge in [0.05, 0.1) is 6.61 Å². The van der Waals surface area contributed by atoms with Crippen molar-refractivity contribution in [3.63, 3.8) is 0 Å². The Hall–Kier alpha value is -1.71. The number of ether oxygens (including phenoxy) is 1. The van der Waals surface area contributed by atoms with Crippen molar-refractivity contribution in [3.05, 3.63) is 54.4 Å². The highest BCUT2D eigenvalue weighted by Gasteiger charge is 2.04. The van der Waals surface area contributed by atoms with Crippen molar-refractivity contribution in [1.82, 2.24) is 10.3 Å². The molecule has 19 heavy (non-hydrogen) atoms. The van der Waals surface area contributed by atoms with Crippen molar-refractivity contribution < 1.29 is 4.74 Å². The first-order chi connectivity index (χ1) is 9.31. The molecule has 2 aromatic rings. The summed E-state index contributed by atoms with van der Waals surface area (Å²) >= 11 is 0. The van der Waals surface area contributed by atoms with Crippen molar-refractivity contribution in [2.24, 2.45) is 0 Å². The molecule has 0 aliphatic carbocycles. The van der Waals surface area contributed by atoms with Crippen LogP contribution < -0.4 is 5.32 Å². The summed E-state index contributed by atoms with van der Waals surface area (Å²) in [5.74, 6) is 0. The van der Waals surface area contributed by atoms with Crippen LogP contribution in [0.4, 0.5) is 0 Å². The van der Waals surface area contributed by atoms with Gasteiger partial charge in [0, 0.05) is 32.1 Å². The van der Waals surface area contributed by atoms with Gasteiger partial charge in [-0.25, -0.2) is 0 Å². The summed E-state index contributed by atoms with van der Waals surface area (Å²) in [4.78, 5) is 4.14. The molecule has 0 aliphatic heterocycles. The van der Waals surface area contributed by atoms with Gasteiger partial charge in [-0.15, -0.1) is 0 Å². The quantitative estimate of drug-likeness (QED) is 0.807. The highest BCUT2D eigenvalue weighted by molar-refractivity contribution is 5.62. The van der Waals surface area contributed by atoms with Crippen LogP contribution in [-0.4, -0.2) is 25.2 Å². The van der Waals surface area contributed by atoms with Crippen LogP contribution in [0.15, 0.2) is 48.8 Å². The fourth-order valence-electron chi connectivity index (χ4n) is 1.99. The SMILES string of the molecule is COCCNC(C)c1ccc(-c2cccnc2)cc1. The molecule has 0 saturated carbocycles. The number of aromatic nitrogens is 1. The standard InChI is InChI=1S/C16H20N2O/c1-13(18-10-11-19-2)14-5-7-15(8-6-14)16-4-3-9-17-12-16/h3-9,12-13,18H,10-11H2,1-2H3. The molecule has 1 heterocycles. The maximum absolute atomic E-state index is 5.04. The van der Waals surface area contributed by atoms with E-state index in [9.17, 15) is 0 Å². The van der Waals surface area contributed by atoms with Gasteiger partial charge in [0.1, 0.15) is 0 Å². The zero-order valence-corrected chi connectivity index (χ0v) is 11.5. The van der Waals surface area contributed by atoms with Gasteiger partial charge < -0.3 is 10.1 Å². The number of methoxy groups -OCH3 is 1. The predicted octanol–water partition coefficient (Wildman–Crippen LogP) is 3.05. The van der Waals surface area contributed by atoms with Gasteiger partial charge in [-0.05, 0) is 29.7 Å². The molecule has 1 atom stereocenters. The van der Waals surface area contributed by atoms with E-state index in [0.717, 1.165) is 18.7 Å². The third kappa shape index (κ3) is 3.88. The molecule has 1 unspecified atom stereocenters. The van der Waals surface area contributed by atoms with Crippen molar-refractivity contribution in [2.75, 3.05) is 20.3 Å². The second-order valence-electron chi connectivity index (χ2n) is 4.53. The summed E-state index contributed by atoms with van der Waals surface area (Å²) < 4.78 is 5.04. The fourth-order valence-corrected chi connectivity index (χ4v) is 1.99. The van der Waals surface area contributed by atoms with E-state index in [1.165, 1.54) is 11.1 Å². The smallest absolute Gasteiger partial charge is 0.0587 e. The number of benzene rings is 1. The first kappa shape index (κ1) is 13.7. The zero-order valence-electron chi connectivity index (χ0n) is 11.5. The largest absolute Gasteiger partial charge is 0.383 e. The van der Waals surface area contributed by atoms with Gasteiger partial charge in [0.25, 0.3) is 0 Å². The Kier molecular flexibility index (Phi) is 5.07. The van der Waals surface area contributed by atoms with Crippen LogP contribution in [0.1, 0.15) is 18.5 Å². The average molecular weight is 256 g/mol. The van der Waals surface area contributed by atoms with Crippen LogP contribution in [0.5, 0.6) is 0 Å². The second kappa shape index (κ2) is 7.02. The lowest BCUT2D eigenvalue weighted by atomic mass is 10.0. The Bertz CT molecular complexity index is 482. The summed E-state index contributed by atoms with van der Waals surface area (Å²) in [5, 5.41) is 3.42. The van der Waals surface area contributed by atoms with Crippen molar-refractivity contribution in [1.29, 1.82) is 0 Å². The van der Waals surface area contributed by atoms with Gasteiger partial charge in [0.15, 0.2) is 0 Å². The Morgan fingerprint density at radius 2 is 1.95 bits per heavy atom. The molecule has 0 fully saturated rings. The predicted molar refractivity (Wildman–Crippen MR) is 78.0 cm³/mol. The minimum absolute atomic E-state index is 0.332. The first-order valence-corrected chi connectivity index (χ1v) is 6.54. The molecule has 2 rings (SSSR count). The topological polar surface area (TPSA) is 34.1 Å². The number of hydrogen-bond acceptors (Lipinski definition) is 3. The van der Waals surface area contributed by atoms with E-state index in [1.54, 1.807) is 13.3 Å². The van der Waals surface area contributed by atoms with Crippen LogP contribution in [0.2, 0.25) is 0 Å². The Morgan fingerprint density at radius 1 is 1.16 bits per heavy atom. The number of hydrogen-bond donors (Lipinski definition) is 1. The molecular formula is C16H20N2O. The molecule has 0 radical (unpaired) electrons. The number of pyridine rings is 1. The number of rotatable bonds is 6. The second-order valence-corrected chi connectivity index (χ2v) is 4.53. The van der Waals surface area contributed by atoms with Crippen molar-refractivity contribution in [3.8, 4) is 11.1 Å². The maximum atomic E-state index is 5.04. The van der Waals surface area contributed by atoms with E-state index >= 15 is 0 Å². The number of nitrogens with one attached hydrogen (secondary N) is 1. The molecule has 1 aromatic heterocycles. The van der Waals surface area contributed by atoms with Gasteiger partial charge in [-0.3, -0.25) is 4.98 Å². The summed E-state index contributed by atoms with van der Waals surface area (Å²) in [7, 11) is 1.72. The molecular weight excluding hydrogens is 236 g/mol. The van der Waals surface area contributed by atoms with Crippen LogP contribution in [0.25, 0.3) is 11.1 Å². The molecule has 100 valence electrons. The van der Waals surface area contributed by atoms with Crippen molar-refractivity contribution in [2.45, 2.75) is 13.0 Å². The third-order valence-corrected chi connectivity index (χ3v) is 3.16. The van der Waals surface area contributed by atoms with Gasteiger partial charge >= 0.3 is 0 Å². The molecule has 3 nitrogen and oxygen atoms in total. The van der Waals surface area contributed by atoms with Gasteiger partial charge in [-0.2, -0.15) is 0 Å². The van der Waals surface area contributed by atoms with Gasteiger partial charge in [-0.1, -0.05) is 30.3 Å². The highest BCUT2D eigenvalue weighted by atomic mass is 16.5. The minimum atomic E-state index is 0.332. The molecule has 3 heteroatoms. The maximum Gasteiger partial charge on any atom is 0.0587 e. The van der Waals surface area contributed by atoms with Gasteiger partial charge in [0.2, 0.25) is 0 Å². The summed E-state index contributed by atoms with van der Waals surface area (Å²) in [6.45, 7) is 3.76. The lowest BCUT2D eigenvalue weighted by molar-refractivity contribution is 0.196. The molecule has 0 spiro atoms. The molecule has 0 amide bonds. The third-order valence-electron chi connectivity index (χ3n) is 3.16. The van der Waals surface area contributed by atoms with Crippen LogP contribution in [0.3, 0.4) is 0 Å². The van der Waals surface area contributed by atoms with E-state index in [0.29, 0.717) is 6.04 Å². The minimum Gasteiger partial charge on any atom is -0.383 e. The molecule has 1 aromatic carbocycles. The molecule has 0 bridgehead atoms. The first-order valence-electron chi connectivity index (χ1n) is 6.54. The van der Waals surface area contributed by atoms with Crippen molar-refractivity contribution >= 4 is 0 Å². The molecule has 0 aliphatic rings. The van der Waals surface area contributed by atoms with Crippen LogP contribution >= 0.6 is 0 Å². The van der Waals surface area contributed by atoms with E-state index in [4.69, 9.17) is 4.74 Å². The average Bonchev–Trinajstić information content (AvgIpc) is 2.48. The van der Waals surface area contributed by atoms with E-state index in [2.05, 4.69) is 47.6 Å². The molecule has 0 saturated heterocycles. The van der Waals surface area contributed by atoms with E-state index in [1.807, 2.05) is 12.3 Å². The Labute approximate surface area is 114 Å². The summed E-state index contributed by atoms with van der Waals surface area (Å²) in [5.41, 5.74) is 3.62. The zero-order chi connectivity index (χ0) is 13.5. The van der Waals surface area contributed by atoms with Crippen LogP contribution in [0, 0.1) is 0 Å². The van der Waals surface area contributed by atoms with E-state index in [-0.39, 0.29) is 0 Å². The normalized spacial score (nSPS) is 12.3. The van der Waals surface area contributed by atoms with Crippen LogP contribution in [-0.2, 0) is 4.74 Å². The summed E-state index contributed by atoms with van der Waals surface area (Å²) in [6, 6.07) is 13.0.